The van der Waals surface area contributed by atoms with Gasteiger partial charge in [0.25, 0.3) is 0 Å². The van der Waals surface area contributed by atoms with Crippen molar-refractivity contribution in [3.8, 4) is 5.75 Å². The lowest BCUT2D eigenvalue weighted by molar-refractivity contribution is -0.153. The molecule has 4 nitrogen and oxygen atoms in total. The molecular formula is C17H14ClF3O4. The van der Waals surface area contributed by atoms with E-state index in [9.17, 15) is 18.0 Å². The Kier molecular flexibility index (Phi) is 6.27. The maximum atomic E-state index is 12.8. The number of alkyl halides is 3. The maximum absolute atomic E-state index is 12.8. The molecule has 0 saturated heterocycles. The Morgan fingerprint density at radius 3 is 2.44 bits per heavy atom. The molecule has 0 amide bonds. The van der Waals surface area contributed by atoms with Crippen LogP contribution in [-0.2, 0) is 15.7 Å². The molecule has 0 aliphatic carbocycles. The number of esters is 1. The summed E-state index contributed by atoms with van der Waals surface area (Å²) in [6, 6.07) is 10.2. The SMILES string of the molecule is O=C(OCCO)C(Oc1cccc(C(F)(F)F)c1)c1ccc(Cl)cc1. The van der Waals surface area contributed by atoms with Crippen LogP contribution in [0.1, 0.15) is 17.2 Å². The lowest BCUT2D eigenvalue weighted by atomic mass is 10.1. The second-order valence-corrected chi connectivity index (χ2v) is 5.40. The Balaban J connectivity index is 2.30. The third-order valence-electron chi connectivity index (χ3n) is 3.14. The second kappa shape index (κ2) is 8.22. The zero-order valence-electron chi connectivity index (χ0n) is 12.8. The fraction of sp³-hybridized carbons (Fsp3) is 0.235. The summed E-state index contributed by atoms with van der Waals surface area (Å²) in [6.07, 6.45) is -5.83. The van der Waals surface area contributed by atoms with E-state index in [0.29, 0.717) is 10.6 Å². The number of ether oxygens (including phenoxy) is 2. The summed E-state index contributed by atoms with van der Waals surface area (Å²) < 4.78 is 48.7. The van der Waals surface area contributed by atoms with Crippen LogP contribution in [0.2, 0.25) is 5.02 Å². The number of carbonyl (C=O) groups is 1. The summed E-state index contributed by atoms with van der Waals surface area (Å²) in [4.78, 5) is 12.2. The van der Waals surface area contributed by atoms with E-state index in [0.717, 1.165) is 12.1 Å². The Labute approximate surface area is 146 Å². The van der Waals surface area contributed by atoms with Crippen LogP contribution < -0.4 is 4.74 Å². The highest BCUT2D eigenvalue weighted by atomic mass is 35.5. The van der Waals surface area contributed by atoms with Gasteiger partial charge in [-0.1, -0.05) is 29.8 Å². The summed E-state index contributed by atoms with van der Waals surface area (Å²) in [5.74, 6) is -0.982. The van der Waals surface area contributed by atoms with E-state index in [1.54, 1.807) is 0 Å². The molecular weight excluding hydrogens is 361 g/mol. The zero-order chi connectivity index (χ0) is 18.4. The van der Waals surface area contributed by atoms with Gasteiger partial charge in [0.15, 0.2) is 0 Å². The smallest absolute Gasteiger partial charge is 0.416 e. The number of aliphatic hydroxyl groups excluding tert-OH is 1. The molecule has 0 radical (unpaired) electrons. The van der Waals surface area contributed by atoms with Gasteiger partial charge in [0.1, 0.15) is 12.4 Å². The van der Waals surface area contributed by atoms with Crippen LogP contribution in [0.4, 0.5) is 13.2 Å². The topological polar surface area (TPSA) is 55.8 Å². The molecule has 0 aliphatic rings. The van der Waals surface area contributed by atoms with Gasteiger partial charge in [-0.05, 0) is 30.3 Å². The zero-order valence-corrected chi connectivity index (χ0v) is 13.6. The standard InChI is InChI=1S/C17H14ClF3O4/c18-13-6-4-11(5-7-13)15(16(23)24-9-8-22)25-14-3-1-2-12(10-14)17(19,20)21/h1-7,10,15,22H,8-9H2. The van der Waals surface area contributed by atoms with Gasteiger partial charge >= 0.3 is 12.1 Å². The Bertz CT molecular complexity index is 717. The minimum atomic E-state index is -4.54. The number of aliphatic hydroxyl groups is 1. The van der Waals surface area contributed by atoms with Crippen molar-refractivity contribution in [3.05, 3.63) is 64.7 Å². The number of hydrogen-bond donors (Lipinski definition) is 1. The van der Waals surface area contributed by atoms with E-state index in [-0.39, 0.29) is 19.0 Å². The Morgan fingerprint density at radius 1 is 1.16 bits per heavy atom. The molecule has 0 aromatic heterocycles. The highest BCUT2D eigenvalue weighted by molar-refractivity contribution is 6.30. The van der Waals surface area contributed by atoms with Gasteiger partial charge < -0.3 is 14.6 Å². The van der Waals surface area contributed by atoms with Crippen molar-refractivity contribution in [2.45, 2.75) is 12.3 Å². The fourth-order valence-corrected chi connectivity index (χ4v) is 2.12. The van der Waals surface area contributed by atoms with Crippen LogP contribution in [0.5, 0.6) is 5.75 Å². The summed E-state index contributed by atoms with van der Waals surface area (Å²) in [6.45, 7) is -0.641. The van der Waals surface area contributed by atoms with E-state index < -0.39 is 23.8 Å². The van der Waals surface area contributed by atoms with Crippen LogP contribution in [0.25, 0.3) is 0 Å². The second-order valence-electron chi connectivity index (χ2n) is 4.97. The van der Waals surface area contributed by atoms with Gasteiger partial charge in [0, 0.05) is 10.6 Å². The van der Waals surface area contributed by atoms with Gasteiger partial charge in [-0.2, -0.15) is 13.2 Å². The normalized spacial score (nSPS) is 12.5. The Morgan fingerprint density at radius 2 is 1.84 bits per heavy atom. The van der Waals surface area contributed by atoms with E-state index in [4.69, 9.17) is 26.2 Å². The van der Waals surface area contributed by atoms with Crippen LogP contribution in [0.3, 0.4) is 0 Å². The van der Waals surface area contributed by atoms with Crippen molar-refractivity contribution in [2.75, 3.05) is 13.2 Å². The molecule has 0 spiro atoms. The first-order valence-electron chi connectivity index (χ1n) is 7.18. The highest BCUT2D eigenvalue weighted by Gasteiger charge is 2.31. The Hall–Kier alpha value is -2.25. The first-order valence-corrected chi connectivity index (χ1v) is 7.56. The molecule has 2 aromatic carbocycles. The van der Waals surface area contributed by atoms with Gasteiger partial charge in [-0.25, -0.2) is 4.79 Å². The monoisotopic (exact) mass is 374 g/mol. The quantitative estimate of drug-likeness (QED) is 0.776. The lowest BCUT2D eigenvalue weighted by Crippen LogP contribution is -2.23. The molecule has 2 rings (SSSR count). The highest BCUT2D eigenvalue weighted by Crippen LogP contribution is 2.33. The van der Waals surface area contributed by atoms with E-state index in [1.807, 2.05) is 0 Å². The number of rotatable bonds is 6. The number of benzene rings is 2. The average Bonchev–Trinajstić information content (AvgIpc) is 2.58. The minimum absolute atomic E-state index is 0.143. The first-order chi connectivity index (χ1) is 11.8. The molecule has 134 valence electrons. The van der Waals surface area contributed by atoms with Crippen LogP contribution >= 0.6 is 11.6 Å². The van der Waals surface area contributed by atoms with Crippen molar-refractivity contribution >= 4 is 17.6 Å². The lowest BCUT2D eigenvalue weighted by Gasteiger charge is -2.19. The number of hydrogen-bond acceptors (Lipinski definition) is 4. The van der Waals surface area contributed by atoms with E-state index in [2.05, 4.69) is 0 Å². The average molecular weight is 375 g/mol. The van der Waals surface area contributed by atoms with Crippen molar-refractivity contribution in [1.29, 1.82) is 0 Å². The van der Waals surface area contributed by atoms with Gasteiger partial charge in [0.05, 0.1) is 12.2 Å². The minimum Gasteiger partial charge on any atom is -0.474 e. The van der Waals surface area contributed by atoms with Gasteiger partial charge in [-0.15, -0.1) is 0 Å². The molecule has 0 aliphatic heterocycles. The fourth-order valence-electron chi connectivity index (χ4n) is 1.99. The molecule has 1 N–H and O–H groups in total. The number of carbonyl (C=O) groups excluding carboxylic acids is 1. The van der Waals surface area contributed by atoms with Crippen LogP contribution in [0, 0.1) is 0 Å². The summed E-state index contributed by atoms with van der Waals surface area (Å²) in [5, 5.41) is 9.18. The molecule has 0 fully saturated rings. The molecule has 0 heterocycles. The molecule has 0 bridgehead atoms. The largest absolute Gasteiger partial charge is 0.474 e. The molecule has 1 unspecified atom stereocenters. The first kappa shape index (κ1) is 19.1. The van der Waals surface area contributed by atoms with Crippen LogP contribution in [-0.4, -0.2) is 24.3 Å². The molecule has 1 atom stereocenters. The van der Waals surface area contributed by atoms with Crippen molar-refractivity contribution in [2.24, 2.45) is 0 Å². The van der Waals surface area contributed by atoms with E-state index in [1.165, 1.54) is 36.4 Å². The van der Waals surface area contributed by atoms with E-state index >= 15 is 0 Å². The predicted octanol–water partition coefficient (Wildman–Crippen LogP) is 4.01. The number of halogens is 4. The third-order valence-corrected chi connectivity index (χ3v) is 3.39. The third kappa shape index (κ3) is 5.37. The van der Waals surface area contributed by atoms with Crippen molar-refractivity contribution in [1.82, 2.24) is 0 Å². The molecule has 2 aromatic rings. The molecule has 8 heteroatoms. The summed E-state index contributed by atoms with van der Waals surface area (Å²) in [7, 11) is 0. The summed E-state index contributed by atoms with van der Waals surface area (Å²) >= 11 is 5.80. The predicted molar refractivity (Wildman–Crippen MR) is 84.3 cm³/mol. The molecule has 25 heavy (non-hydrogen) atoms. The van der Waals surface area contributed by atoms with Gasteiger partial charge in [0.2, 0.25) is 6.10 Å². The van der Waals surface area contributed by atoms with Gasteiger partial charge in [-0.3, -0.25) is 0 Å². The van der Waals surface area contributed by atoms with Crippen LogP contribution in [0.15, 0.2) is 48.5 Å². The van der Waals surface area contributed by atoms with Crippen molar-refractivity contribution < 1.29 is 32.5 Å². The molecule has 0 saturated carbocycles. The maximum Gasteiger partial charge on any atom is 0.416 e. The summed E-state index contributed by atoms with van der Waals surface area (Å²) in [5.41, 5.74) is -0.548. The van der Waals surface area contributed by atoms with Crippen molar-refractivity contribution in [3.63, 3.8) is 0 Å².